The van der Waals surface area contributed by atoms with Crippen molar-refractivity contribution in [1.82, 2.24) is 4.57 Å². The van der Waals surface area contributed by atoms with Crippen molar-refractivity contribution in [2.45, 2.75) is 6.92 Å². The number of thiazole rings is 1. The van der Waals surface area contributed by atoms with Gasteiger partial charge in [0.2, 0.25) is 0 Å². The Morgan fingerprint density at radius 3 is 2.42 bits per heavy atom. The zero-order valence-electron chi connectivity index (χ0n) is 13.8. The second-order valence-corrected chi connectivity index (χ2v) is 6.48. The fourth-order valence-electron chi connectivity index (χ4n) is 2.63. The highest BCUT2D eigenvalue weighted by Crippen LogP contribution is 2.29. The highest BCUT2D eigenvalue weighted by molar-refractivity contribution is 7.09. The molecule has 1 N–H and O–H groups in total. The minimum Gasteiger partial charge on any atom is -0.497 e. The van der Waals surface area contributed by atoms with Crippen molar-refractivity contribution in [3.63, 3.8) is 0 Å². The topological polar surface area (TPSA) is 46.8 Å². The van der Waals surface area contributed by atoms with E-state index in [1.807, 2.05) is 30.3 Å². The normalized spacial score (nSPS) is 11.7. The van der Waals surface area contributed by atoms with E-state index in [4.69, 9.17) is 9.84 Å². The molecule has 0 amide bonds. The van der Waals surface area contributed by atoms with Crippen LogP contribution in [0.3, 0.4) is 0 Å². The van der Waals surface area contributed by atoms with Crippen molar-refractivity contribution < 1.29 is 9.84 Å². The van der Waals surface area contributed by atoms with Crippen LogP contribution in [0.15, 0.2) is 59.6 Å². The lowest BCUT2D eigenvalue weighted by Gasteiger charge is -2.11. The summed E-state index contributed by atoms with van der Waals surface area (Å²) in [7, 11) is 1.67. The summed E-state index contributed by atoms with van der Waals surface area (Å²) in [6.45, 7) is 2.54. The van der Waals surface area contributed by atoms with E-state index >= 15 is 0 Å². The summed E-state index contributed by atoms with van der Waals surface area (Å²) in [6.07, 6.45) is 0. The van der Waals surface area contributed by atoms with Crippen LogP contribution in [-0.2, 0) is 0 Å². The molecule has 24 heavy (non-hydrogen) atoms. The summed E-state index contributed by atoms with van der Waals surface area (Å²) in [5.74, 6) is 0.836. The molecule has 3 rings (SSSR count). The number of aliphatic hydroxyl groups is 1. The monoisotopic (exact) mass is 340 g/mol. The summed E-state index contributed by atoms with van der Waals surface area (Å²) in [5.41, 5.74) is 3.29. The Bertz CT molecular complexity index is 865. The molecule has 0 saturated carbocycles. The molecule has 0 radical (unpaired) electrons. The van der Waals surface area contributed by atoms with E-state index in [1.165, 1.54) is 4.88 Å². The van der Waals surface area contributed by atoms with Gasteiger partial charge in [0.25, 0.3) is 0 Å². The summed E-state index contributed by atoms with van der Waals surface area (Å²) < 4.78 is 7.41. The van der Waals surface area contributed by atoms with Crippen LogP contribution in [0.25, 0.3) is 16.9 Å². The van der Waals surface area contributed by atoms with Gasteiger partial charge in [-0.25, -0.2) is 0 Å². The lowest BCUT2D eigenvalue weighted by Crippen LogP contribution is -2.15. The molecular weight excluding hydrogens is 320 g/mol. The van der Waals surface area contributed by atoms with E-state index in [0.717, 1.165) is 27.5 Å². The fourth-order valence-corrected chi connectivity index (χ4v) is 3.65. The van der Waals surface area contributed by atoms with Crippen LogP contribution in [0.2, 0.25) is 0 Å². The summed E-state index contributed by atoms with van der Waals surface area (Å²) in [5, 5.41) is 9.13. The van der Waals surface area contributed by atoms with E-state index in [0.29, 0.717) is 6.54 Å². The summed E-state index contributed by atoms with van der Waals surface area (Å²) in [4.78, 5) is 6.62. The fraction of sp³-hybridized carbons (Fsp3) is 0.211. The van der Waals surface area contributed by atoms with E-state index < -0.39 is 0 Å². The molecule has 0 saturated heterocycles. The number of nitrogens with zero attached hydrogens (tertiary/aromatic N) is 2. The molecule has 0 spiro atoms. The molecule has 4 nitrogen and oxygen atoms in total. The van der Waals surface area contributed by atoms with Crippen LogP contribution in [-0.4, -0.2) is 29.9 Å². The van der Waals surface area contributed by atoms with Crippen LogP contribution in [0.4, 0.5) is 0 Å². The molecule has 0 aliphatic rings. The Morgan fingerprint density at radius 1 is 1.08 bits per heavy atom. The number of benzene rings is 2. The zero-order chi connectivity index (χ0) is 16.9. The zero-order valence-corrected chi connectivity index (χ0v) is 14.6. The highest BCUT2D eigenvalue weighted by atomic mass is 32.1. The largest absolute Gasteiger partial charge is 0.497 e. The lowest BCUT2D eigenvalue weighted by molar-refractivity contribution is 0.305. The number of aromatic nitrogens is 1. The number of methoxy groups -OCH3 is 1. The highest BCUT2D eigenvalue weighted by Gasteiger charge is 2.14. The van der Waals surface area contributed by atoms with Gasteiger partial charge in [0.05, 0.1) is 26.0 Å². The first-order valence-electron chi connectivity index (χ1n) is 7.78. The maximum Gasteiger partial charge on any atom is 0.190 e. The van der Waals surface area contributed by atoms with E-state index in [-0.39, 0.29) is 6.61 Å². The average molecular weight is 340 g/mol. The minimum absolute atomic E-state index is 0.0452. The van der Waals surface area contributed by atoms with E-state index in [9.17, 15) is 0 Å². The molecule has 2 aromatic carbocycles. The first kappa shape index (κ1) is 16.5. The molecule has 0 atom stereocenters. The molecule has 1 heterocycles. The molecule has 5 heteroatoms. The third-order valence-corrected chi connectivity index (χ3v) is 4.71. The van der Waals surface area contributed by atoms with Gasteiger partial charge in [-0.05, 0) is 48.9 Å². The van der Waals surface area contributed by atoms with Crippen LogP contribution in [0, 0.1) is 6.92 Å². The maximum atomic E-state index is 9.13. The SMILES string of the molecule is COc1ccc(-c2c(C)sc(=NCCO)n2-c2ccccc2)cc1. The summed E-state index contributed by atoms with van der Waals surface area (Å²) in [6, 6.07) is 18.2. The minimum atomic E-state index is 0.0452. The molecule has 0 aliphatic carbocycles. The second kappa shape index (κ2) is 7.47. The first-order chi connectivity index (χ1) is 11.7. The predicted octanol–water partition coefficient (Wildman–Crippen LogP) is 3.42. The van der Waals surface area contributed by atoms with Crippen LogP contribution < -0.4 is 9.54 Å². The van der Waals surface area contributed by atoms with E-state index in [1.54, 1.807) is 18.4 Å². The van der Waals surface area contributed by atoms with Crippen LogP contribution in [0.5, 0.6) is 5.75 Å². The quantitative estimate of drug-likeness (QED) is 0.774. The van der Waals surface area contributed by atoms with Crippen molar-refractivity contribution >= 4 is 11.3 Å². The molecule has 3 aromatic rings. The van der Waals surface area contributed by atoms with Gasteiger partial charge in [-0.2, -0.15) is 0 Å². The van der Waals surface area contributed by atoms with Gasteiger partial charge in [-0.1, -0.05) is 18.2 Å². The molecule has 1 aromatic heterocycles. The molecular formula is C19H20N2O2S. The lowest BCUT2D eigenvalue weighted by atomic mass is 10.1. The standard InChI is InChI=1S/C19H20N2O2S/c1-14-18(15-8-10-17(23-2)11-9-15)21(16-6-4-3-5-7-16)19(24-14)20-12-13-22/h3-11,22H,12-13H2,1-2H3. The maximum absolute atomic E-state index is 9.13. The number of ether oxygens (including phenoxy) is 1. The first-order valence-corrected chi connectivity index (χ1v) is 8.60. The van der Waals surface area contributed by atoms with Crippen molar-refractivity contribution in [3.05, 3.63) is 64.3 Å². The Labute approximate surface area is 145 Å². The van der Waals surface area contributed by atoms with Gasteiger partial charge >= 0.3 is 0 Å². The number of rotatable bonds is 5. The summed E-state index contributed by atoms with van der Waals surface area (Å²) >= 11 is 1.63. The molecule has 0 bridgehead atoms. The van der Waals surface area contributed by atoms with Crippen molar-refractivity contribution in [2.75, 3.05) is 20.3 Å². The second-order valence-electron chi connectivity index (χ2n) is 5.29. The van der Waals surface area contributed by atoms with E-state index in [2.05, 4.69) is 40.7 Å². The molecule has 0 unspecified atom stereocenters. The average Bonchev–Trinajstić information content (AvgIpc) is 2.97. The third kappa shape index (κ3) is 3.27. The number of aliphatic hydroxyl groups excluding tert-OH is 1. The number of hydrogen-bond donors (Lipinski definition) is 1. The Balaban J connectivity index is 2.23. The van der Waals surface area contributed by atoms with Gasteiger partial charge in [-0.15, -0.1) is 11.3 Å². The Morgan fingerprint density at radius 2 is 1.79 bits per heavy atom. The van der Waals surface area contributed by atoms with Crippen LogP contribution >= 0.6 is 11.3 Å². The molecule has 124 valence electrons. The van der Waals surface area contributed by atoms with Gasteiger partial charge in [0.15, 0.2) is 4.80 Å². The number of hydrogen-bond acceptors (Lipinski definition) is 4. The van der Waals surface area contributed by atoms with Crippen molar-refractivity contribution in [1.29, 1.82) is 0 Å². The van der Waals surface area contributed by atoms with Gasteiger partial charge in [0.1, 0.15) is 5.75 Å². The van der Waals surface area contributed by atoms with Crippen LogP contribution in [0.1, 0.15) is 4.88 Å². The Kier molecular flexibility index (Phi) is 5.13. The molecule has 0 aliphatic heterocycles. The van der Waals surface area contributed by atoms with Gasteiger partial charge < -0.3 is 9.84 Å². The number of para-hydroxylation sites is 1. The van der Waals surface area contributed by atoms with Crippen molar-refractivity contribution in [3.8, 4) is 22.7 Å². The number of aryl methyl sites for hydroxylation is 1. The smallest absolute Gasteiger partial charge is 0.190 e. The Hall–Kier alpha value is -2.37. The third-order valence-electron chi connectivity index (χ3n) is 3.72. The van der Waals surface area contributed by atoms with Gasteiger partial charge in [0, 0.05) is 10.6 Å². The van der Waals surface area contributed by atoms with Crippen molar-refractivity contribution in [2.24, 2.45) is 4.99 Å². The predicted molar refractivity (Wildman–Crippen MR) is 97.9 cm³/mol. The van der Waals surface area contributed by atoms with Gasteiger partial charge in [-0.3, -0.25) is 9.56 Å². The molecule has 0 fully saturated rings.